The molecule has 2 aromatic carbocycles. The van der Waals surface area contributed by atoms with Gasteiger partial charge in [0.05, 0.1) is 26.4 Å². The van der Waals surface area contributed by atoms with Gasteiger partial charge in [-0.25, -0.2) is 4.39 Å². The van der Waals surface area contributed by atoms with Crippen LogP contribution in [0.3, 0.4) is 0 Å². The number of nitrogens with one attached hydrogen (secondary N) is 4. The van der Waals surface area contributed by atoms with Crippen LogP contribution in [-0.2, 0) is 16.0 Å². The van der Waals surface area contributed by atoms with Crippen molar-refractivity contribution in [3.63, 3.8) is 0 Å². The third-order valence-corrected chi connectivity index (χ3v) is 6.13. The van der Waals surface area contributed by atoms with Gasteiger partial charge in [0.15, 0.2) is 0 Å². The number of amides is 1. The van der Waals surface area contributed by atoms with Crippen molar-refractivity contribution in [2.45, 2.75) is 38.3 Å². The van der Waals surface area contributed by atoms with Crippen molar-refractivity contribution in [3.8, 4) is 0 Å². The Morgan fingerprint density at radius 3 is 2.26 bits per heavy atom. The van der Waals surface area contributed by atoms with Crippen LogP contribution in [0.5, 0.6) is 0 Å². The highest BCUT2D eigenvalue weighted by atomic mass is 19.1. The summed E-state index contributed by atoms with van der Waals surface area (Å²) in [5, 5.41) is 12.6. The van der Waals surface area contributed by atoms with Crippen molar-refractivity contribution in [2.75, 3.05) is 55.5 Å². The lowest BCUT2D eigenvalue weighted by atomic mass is 10.2. The lowest BCUT2D eigenvalue weighted by Gasteiger charge is -2.15. The van der Waals surface area contributed by atoms with E-state index in [1.54, 1.807) is 18.2 Å². The van der Waals surface area contributed by atoms with E-state index in [4.69, 9.17) is 9.47 Å². The van der Waals surface area contributed by atoms with Crippen LogP contribution in [0.25, 0.3) is 0 Å². The molecule has 1 amide bonds. The lowest BCUT2D eigenvalue weighted by molar-refractivity contribution is 0.0519. The van der Waals surface area contributed by atoms with E-state index in [1.165, 1.54) is 25.0 Å². The molecule has 1 saturated carbocycles. The summed E-state index contributed by atoms with van der Waals surface area (Å²) in [6.07, 6.45) is 4.58. The van der Waals surface area contributed by atoms with Gasteiger partial charge in [-0.2, -0.15) is 15.0 Å². The quantitative estimate of drug-likeness (QED) is 0.202. The summed E-state index contributed by atoms with van der Waals surface area (Å²) in [4.78, 5) is 25.4. The van der Waals surface area contributed by atoms with Crippen molar-refractivity contribution in [1.29, 1.82) is 0 Å². The van der Waals surface area contributed by atoms with Gasteiger partial charge in [-0.05, 0) is 42.7 Å². The third kappa shape index (κ3) is 10.1. The highest BCUT2D eigenvalue weighted by Crippen LogP contribution is 2.21. The van der Waals surface area contributed by atoms with E-state index >= 15 is 0 Å². The number of nitrogens with zero attached hydrogens (tertiary/aromatic N) is 3. The van der Waals surface area contributed by atoms with E-state index in [1.807, 2.05) is 24.3 Å². The van der Waals surface area contributed by atoms with Crippen LogP contribution in [0, 0.1) is 5.82 Å². The number of ether oxygens (including phenoxy) is 2. The van der Waals surface area contributed by atoms with Gasteiger partial charge in [-0.15, -0.1) is 0 Å². The molecule has 4 rings (SSSR count). The van der Waals surface area contributed by atoms with Gasteiger partial charge in [0.25, 0.3) is 5.91 Å². The van der Waals surface area contributed by atoms with Crippen LogP contribution in [0.4, 0.5) is 22.2 Å². The summed E-state index contributed by atoms with van der Waals surface area (Å²) in [7, 11) is 0. The number of carbonyl (C=O) groups excluding carboxylic acids is 1. The summed E-state index contributed by atoms with van der Waals surface area (Å²) in [6, 6.07) is 15.8. The monoisotopic (exact) mass is 537 g/mol. The van der Waals surface area contributed by atoms with Gasteiger partial charge in [-0.3, -0.25) is 4.79 Å². The number of hydrogen-bond donors (Lipinski definition) is 4. The van der Waals surface area contributed by atoms with Crippen LogP contribution in [0.1, 0.15) is 41.6 Å². The fourth-order valence-corrected chi connectivity index (χ4v) is 4.16. The molecule has 0 radical (unpaired) electrons. The zero-order valence-electron chi connectivity index (χ0n) is 22.0. The molecule has 0 spiro atoms. The van der Waals surface area contributed by atoms with Crippen LogP contribution in [0.15, 0.2) is 54.6 Å². The first-order valence-electron chi connectivity index (χ1n) is 13.4. The fraction of sp³-hybridized carbons (Fsp3) is 0.429. The second kappa shape index (κ2) is 15.6. The molecule has 0 unspecified atom stereocenters. The zero-order chi connectivity index (χ0) is 27.1. The fourth-order valence-electron chi connectivity index (χ4n) is 4.16. The maximum absolute atomic E-state index is 13.5. The van der Waals surface area contributed by atoms with Crippen LogP contribution < -0.4 is 21.3 Å². The minimum Gasteiger partial charge on any atom is -0.377 e. The Balaban J connectivity index is 1.15. The Morgan fingerprint density at radius 1 is 0.821 bits per heavy atom. The molecule has 1 fully saturated rings. The van der Waals surface area contributed by atoms with E-state index in [9.17, 15) is 9.18 Å². The lowest BCUT2D eigenvalue weighted by Crippen LogP contribution is -2.27. The molecule has 3 aromatic rings. The Kier molecular flexibility index (Phi) is 11.2. The molecule has 1 aromatic heterocycles. The highest BCUT2D eigenvalue weighted by Gasteiger charge is 2.17. The first-order chi connectivity index (χ1) is 19.2. The normalized spacial score (nSPS) is 13.3. The standard InChI is InChI=1S/C28H36FN7O3/c29-23-10-6-7-21(19-23)20-32-27-34-26(35-28(36-27)33-24-11-4-5-12-24)31-14-16-39-18-17-38-15-13-30-25(37)22-8-2-1-3-9-22/h1-3,6-10,19,24H,4-5,11-18,20H2,(H,30,37)(H3,31,32,33,34,35,36). The number of rotatable bonds is 16. The highest BCUT2D eigenvalue weighted by molar-refractivity contribution is 5.94. The molecular weight excluding hydrogens is 501 g/mol. The molecule has 10 nitrogen and oxygen atoms in total. The summed E-state index contributed by atoms with van der Waals surface area (Å²) in [6.45, 7) is 3.04. The molecule has 0 aliphatic heterocycles. The Bertz CT molecular complexity index is 1160. The van der Waals surface area contributed by atoms with Gasteiger partial charge < -0.3 is 30.7 Å². The van der Waals surface area contributed by atoms with Gasteiger partial charge in [0, 0.05) is 31.2 Å². The molecule has 0 atom stereocenters. The predicted molar refractivity (Wildman–Crippen MR) is 148 cm³/mol. The second-order valence-electron chi connectivity index (χ2n) is 9.19. The maximum Gasteiger partial charge on any atom is 0.251 e. The third-order valence-electron chi connectivity index (χ3n) is 6.13. The summed E-state index contributed by atoms with van der Waals surface area (Å²) >= 11 is 0. The van der Waals surface area contributed by atoms with Crippen LogP contribution >= 0.6 is 0 Å². The maximum atomic E-state index is 13.5. The minimum absolute atomic E-state index is 0.117. The van der Waals surface area contributed by atoms with Crippen molar-refractivity contribution in [1.82, 2.24) is 20.3 Å². The molecular formula is C28H36FN7O3. The molecule has 11 heteroatoms. The zero-order valence-corrected chi connectivity index (χ0v) is 22.0. The number of aromatic nitrogens is 3. The summed E-state index contributed by atoms with van der Waals surface area (Å²) in [5.74, 6) is 0.951. The van der Waals surface area contributed by atoms with E-state index < -0.39 is 0 Å². The number of anilines is 3. The van der Waals surface area contributed by atoms with Crippen LogP contribution in [-0.4, -0.2) is 66.4 Å². The smallest absolute Gasteiger partial charge is 0.251 e. The Labute approximate surface area is 228 Å². The number of hydrogen-bond acceptors (Lipinski definition) is 9. The first-order valence-corrected chi connectivity index (χ1v) is 13.4. The van der Waals surface area contributed by atoms with Crippen molar-refractivity contribution >= 4 is 23.8 Å². The van der Waals surface area contributed by atoms with Crippen molar-refractivity contribution < 1.29 is 18.7 Å². The topological polar surface area (TPSA) is 122 Å². The van der Waals surface area contributed by atoms with Crippen molar-refractivity contribution in [3.05, 3.63) is 71.5 Å². The molecule has 0 bridgehead atoms. The molecule has 39 heavy (non-hydrogen) atoms. The number of carbonyl (C=O) groups is 1. The average Bonchev–Trinajstić information content (AvgIpc) is 3.46. The number of benzene rings is 2. The first kappa shape index (κ1) is 28.2. The average molecular weight is 538 g/mol. The molecule has 1 aliphatic carbocycles. The second-order valence-corrected chi connectivity index (χ2v) is 9.19. The van der Waals surface area contributed by atoms with E-state index in [-0.39, 0.29) is 11.7 Å². The molecule has 0 saturated heterocycles. The van der Waals surface area contributed by atoms with Gasteiger partial charge >= 0.3 is 0 Å². The Hall–Kier alpha value is -3.83. The van der Waals surface area contributed by atoms with Crippen molar-refractivity contribution in [2.24, 2.45) is 0 Å². The SMILES string of the molecule is O=C(NCCOCCOCCNc1nc(NCc2cccc(F)c2)nc(NC2CCCC2)n1)c1ccccc1. The number of halogens is 1. The van der Waals surface area contributed by atoms with E-state index in [0.717, 1.165) is 18.4 Å². The minimum atomic E-state index is -0.281. The van der Waals surface area contributed by atoms with Crippen LogP contribution in [0.2, 0.25) is 0 Å². The van der Waals surface area contributed by atoms with Gasteiger partial charge in [-0.1, -0.05) is 43.2 Å². The summed E-state index contributed by atoms with van der Waals surface area (Å²) < 4.78 is 24.7. The van der Waals surface area contributed by atoms with E-state index in [2.05, 4.69) is 36.2 Å². The molecule has 208 valence electrons. The van der Waals surface area contributed by atoms with Gasteiger partial charge in [0.1, 0.15) is 5.82 Å². The Morgan fingerprint density at radius 2 is 1.51 bits per heavy atom. The van der Waals surface area contributed by atoms with Gasteiger partial charge in [0.2, 0.25) is 17.8 Å². The summed E-state index contributed by atoms with van der Waals surface area (Å²) in [5.41, 5.74) is 1.42. The largest absolute Gasteiger partial charge is 0.377 e. The predicted octanol–water partition coefficient (Wildman–Crippen LogP) is 3.85. The molecule has 1 heterocycles. The van der Waals surface area contributed by atoms with E-state index in [0.29, 0.717) is 75.5 Å². The molecule has 1 aliphatic rings. The molecule has 4 N–H and O–H groups in total.